The second kappa shape index (κ2) is 8.74. The van der Waals surface area contributed by atoms with Crippen LogP contribution in [0.4, 0.5) is 11.4 Å². The molecule has 0 saturated heterocycles. The van der Waals surface area contributed by atoms with Gasteiger partial charge in [-0.15, -0.1) is 0 Å². The summed E-state index contributed by atoms with van der Waals surface area (Å²) in [6.45, 7) is 0.418. The van der Waals surface area contributed by atoms with Crippen LogP contribution in [0.2, 0.25) is 5.02 Å². The molecule has 0 saturated carbocycles. The van der Waals surface area contributed by atoms with E-state index in [0.717, 1.165) is 27.4 Å². The molecular weight excluding hydrogens is 432 g/mol. The molecule has 1 amide bonds. The molecule has 0 aromatic heterocycles. The third-order valence-corrected chi connectivity index (χ3v) is 6.41. The van der Waals surface area contributed by atoms with Gasteiger partial charge in [0.2, 0.25) is 0 Å². The van der Waals surface area contributed by atoms with Gasteiger partial charge in [0.1, 0.15) is 0 Å². The van der Waals surface area contributed by atoms with Gasteiger partial charge in [-0.2, -0.15) is 0 Å². The molecule has 33 heavy (non-hydrogen) atoms. The second-order valence-corrected chi connectivity index (χ2v) is 8.64. The van der Waals surface area contributed by atoms with E-state index in [1.165, 1.54) is 0 Å². The molecule has 0 unspecified atom stereocenters. The lowest BCUT2D eigenvalue weighted by molar-refractivity contribution is -0.125. The molecule has 164 valence electrons. The van der Waals surface area contributed by atoms with Crippen molar-refractivity contribution in [2.75, 3.05) is 9.96 Å². The van der Waals surface area contributed by atoms with Crippen LogP contribution in [-0.4, -0.2) is 11.1 Å². The molecule has 0 fully saturated rings. The second-order valence-electron chi connectivity index (χ2n) is 8.20. The number of carbonyl (C=O) groups is 1. The first-order chi connectivity index (χ1) is 16.1. The lowest BCUT2D eigenvalue weighted by Gasteiger charge is -2.37. The summed E-state index contributed by atoms with van der Waals surface area (Å²) in [5.74, 6) is -0.172. The summed E-state index contributed by atoms with van der Waals surface area (Å²) in [5, 5.41) is 13.4. The van der Waals surface area contributed by atoms with Crippen LogP contribution in [0.5, 0.6) is 0 Å². The average molecular weight is 455 g/mol. The fourth-order valence-electron chi connectivity index (χ4n) is 4.57. The molecule has 0 spiro atoms. The van der Waals surface area contributed by atoms with Gasteiger partial charge in [0.05, 0.1) is 17.9 Å². The number of fused-ring (bicyclic) bond motifs is 1. The average Bonchev–Trinajstić information content (AvgIpc) is 3.09. The van der Waals surface area contributed by atoms with Crippen LogP contribution in [0.25, 0.3) is 0 Å². The minimum atomic E-state index is -1.32. The standard InChI is InChI=1S/C28H23ClN2O2/c29-23-17-15-21(16-18-23)19-28(31(33)24-11-5-2-6-12-24)25-13-7-8-14-26(25)30(27(28)32)20-22-9-3-1-4-10-22/h1-18,33H,19-20H2/t28-/m1/s1. The summed E-state index contributed by atoms with van der Waals surface area (Å²) in [5.41, 5.74) is 2.73. The van der Waals surface area contributed by atoms with E-state index >= 15 is 0 Å². The molecule has 1 aliphatic rings. The van der Waals surface area contributed by atoms with Crippen LogP contribution in [0.3, 0.4) is 0 Å². The Morgan fingerprint density at radius 1 is 0.758 bits per heavy atom. The Morgan fingerprint density at radius 2 is 1.36 bits per heavy atom. The highest BCUT2D eigenvalue weighted by Crippen LogP contribution is 2.47. The molecule has 5 heteroatoms. The zero-order valence-corrected chi connectivity index (χ0v) is 18.7. The largest absolute Gasteiger partial charge is 0.305 e. The highest BCUT2D eigenvalue weighted by atomic mass is 35.5. The molecule has 1 aliphatic heterocycles. The third-order valence-electron chi connectivity index (χ3n) is 6.16. The molecular formula is C28H23ClN2O2. The maximum Gasteiger partial charge on any atom is 0.260 e. The summed E-state index contributed by atoms with van der Waals surface area (Å²) in [6, 6.07) is 34.2. The van der Waals surface area contributed by atoms with Gasteiger partial charge in [0, 0.05) is 17.0 Å². The number of para-hydroxylation sites is 2. The zero-order valence-electron chi connectivity index (χ0n) is 17.9. The molecule has 0 radical (unpaired) electrons. The number of hydroxylamine groups is 1. The Morgan fingerprint density at radius 3 is 2.06 bits per heavy atom. The normalized spacial score (nSPS) is 17.2. The summed E-state index contributed by atoms with van der Waals surface area (Å²) >= 11 is 6.11. The number of rotatable bonds is 6. The van der Waals surface area contributed by atoms with Crippen LogP contribution in [0, 0.1) is 0 Å². The number of amides is 1. The molecule has 1 atom stereocenters. The van der Waals surface area contributed by atoms with Gasteiger partial charge in [0.25, 0.3) is 5.91 Å². The highest BCUT2D eigenvalue weighted by molar-refractivity contribution is 6.30. The highest BCUT2D eigenvalue weighted by Gasteiger charge is 2.55. The predicted octanol–water partition coefficient (Wildman–Crippen LogP) is 6.22. The van der Waals surface area contributed by atoms with E-state index in [4.69, 9.17) is 11.6 Å². The van der Waals surface area contributed by atoms with Gasteiger partial charge in [0.15, 0.2) is 5.54 Å². The maximum absolute atomic E-state index is 14.3. The topological polar surface area (TPSA) is 43.8 Å². The van der Waals surface area contributed by atoms with Gasteiger partial charge < -0.3 is 4.90 Å². The fraction of sp³-hybridized carbons (Fsp3) is 0.107. The van der Waals surface area contributed by atoms with E-state index in [1.54, 1.807) is 17.0 Å². The number of hydrogen-bond acceptors (Lipinski definition) is 3. The van der Waals surface area contributed by atoms with Crippen molar-refractivity contribution in [1.29, 1.82) is 0 Å². The molecule has 5 rings (SSSR count). The van der Waals surface area contributed by atoms with Crippen molar-refractivity contribution in [3.63, 3.8) is 0 Å². The maximum atomic E-state index is 14.3. The molecule has 4 nitrogen and oxygen atoms in total. The first kappa shape index (κ1) is 21.3. The minimum absolute atomic E-state index is 0.172. The van der Waals surface area contributed by atoms with Gasteiger partial charge in [-0.05, 0) is 41.5 Å². The minimum Gasteiger partial charge on any atom is -0.305 e. The van der Waals surface area contributed by atoms with Crippen LogP contribution in [0.1, 0.15) is 16.7 Å². The van der Waals surface area contributed by atoms with E-state index in [9.17, 15) is 10.0 Å². The fourth-order valence-corrected chi connectivity index (χ4v) is 4.69. The summed E-state index contributed by atoms with van der Waals surface area (Å²) in [6.07, 6.45) is 0.288. The summed E-state index contributed by atoms with van der Waals surface area (Å²) < 4.78 is 0. The van der Waals surface area contributed by atoms with E-state index < -0.39 is 5.54 Å². The first-order valence-corrected chi connectivity index (χ1v) is 11.2. The number of anilines is 2. The SMILES string of the molecule is O=C1N(Cc2ccccc2)c2ccccc2[C@@]1(Cc1ccc(Cl)cc1)N(O)c1ccccc1. The molecule has 4 aromatic carbocycles. The first-order valence-electron chi connectivity index (χ1n) is 10.8. The van der Waals surface area contributed by atoms with Crippen LogP contribution < -0.4 is 9.96 Å². The van der Waals surface area contributed by atoms with Crippen LogP contribution in [-0.2, 0) is 23.3 Å². The number of halogens is 1. The van der Waals surface area contributed by atoms with E-state index in [0.29, 0.717) is 17.3 Å². The lowest BCUT2D eigenvalue weighted by atomic mass is 9.84. The summed E-state index contributed by atoms with van der Waals surface area (Å²) in [7, 11) is 0. The van der Waals surface area contributed by atoms with Crippen molar-refractivity contribution in [2.24, 2.45) is 0 Å². The van der Waals surface area contributed by atoms with Gasteiger partial charge >= 0.3 is 0 Å². The van der Waals surface area contributed by atoms with Crippen molar-refractivity contribution in [3.05, 3.63) is 131 Å². The molecule has 0 aliphatic carbocycles. The molecule has 1 N–H and O–H groups in total. The van der Waals surface area contributed by atoms with Crippen molar-refractivity contribution in [1.82, 2.24) is 0 Å². The zero-order chi connectivity index (χ0) is 22.8. The van der Waals surface area contributed by atoms with Gasteiger partial charge in [-0.25, -0.2) is 5.06 Å². The van der Waals surface area contributed by atoms with Crippen molar-refractivity contribution in [3.8, 4) is 0 Å². The van der Waals surface area contributed by atoms with Gasteiger partial charge in [-0.1, -0.05) is 90.5 Å². The number of hydrogen-bond donors (Lipinski definition) is 1. The Bertz CT molecular complexity index is 1260. The van der Waals surface area contributed by atoms with E-state index in [-0.39, 0.29) is 12.3 Å². The number of benzene rings is 4. The Labute approximate surface area is 198 Å². The lowest BCUT2D eigenvalue weighted by Crippen LogP contribution is -2.53. The molecule has 0 bridgehead atoms. The summed E-state index contributed by atoms with van der Waals surface area (Å²) in [4.78, 5) is 16.0. The van der Waals surface area contributed by atoms with Crippen molar-refractivity contribution >= 4 is 28.9 Å². The monoisotopic (exact) mass is 454 g/mol. The number of carbonyl (C=O) groups excluding carboxylic acids is 1. The Kier molecular flexibility index (Phi) is 5.63. The third kappa shape index (κ3) is 3.78. The van der Waals surface area contributed by atoms with E-state index in [1.807, 2.05) is 97.1 Å². The van der Waals surface area contributed by atoms with E-state index in [2.05, 4.69) is 0 Å². The molecule has 1 heterocycles. The van der Waals surface area contributed by atoms with Crippen molar-refractivity contribution in [2.45, 2.75) is 18.5 Å². The predicted molar refractivity (Wildman–Crippen MR) is 132 cm³/mol. The number of nitrogens with zero attached hydrogens (tertiary/aromatic N) is 2. The van der Waals surface area contributed by atoms with Gasteiger partial charge in [-0.3, -0.25) is 10.0 Å². The van der Waals surface area contributed by atoms with Crippen LogP contribution >= 0.6 is 11.6 Å². The van der Waals surface area contributed by atoms with Crippen LogP contribution in [0.15, 0.2) is 109 Å². The Hall–Kier alpha value is -3.60. The van der Waals surface area contributed by atoms with Crippen molar-refractivity contribution < 1.29 is 10.0 Å². The Balaban J connectivity index is 1.67. The smallest absolute Gasteiger partial charge is 0.260 e. The molecule has 4 aromatic rings. The quantitative estimate of drug-likeness (QED) is 0.352.